The molecule has 0 amide bonds. The van der Waals surface area contributed by atoms with Crippen molar-refractivity contribution in [2.45, 2.75) is 70.6 Å². The van der Waals surface area contributed by atoms with Gasteiger partial charge in [-0.2, -0.15) is 0 Å². The van der Waals surface area contributed by atoms with E-state index >= 15 is 0 Å². The SMILES string of the molecule is CC1(C)c2ccccc2-c2c(-c3nc(-c4cc(-c5ccccc5)cc(-c5ccccc5)c4)nc(-c4cc(-c5ccccc5)cc(-c5ccccc5)c4)n3)cccc21.CC1(C)c2ccccc2-c2c(-c3nc(-c4cccc(-c5ccccc5)c4)nc(-c4cccc(-c5ccccc5)c4)n3)cccc21.CCC1(CC)c2ccccc2-c2c(-c3nc(-c4ccccc4-c4ccccc4)nc(-c4ccccc4-c4ccccc4)n3)cccc21. The molecule has 0 saturated heterocycles. The van der Waals surface area contributed by atoms with Gasteiger partial charge in [0, 0.05) is 66.3 Å². The van der Waals surface area contributed by atoms with Crippen molar-refractivity contribution in [2.75, 3.05) is 0 Å². The summed E-state index contributed by atoms with van der Waals surface area (Å²) in [5, 5.41) is 0. The van der Waals surface area contributed by atoms with E-state index in [4.69, 9.17) is 44.9 Å². The van der Waals surface area contributed by atoms with Gasteiger partial charge in [0.2, 0.25) is 0 Å². The zero-order valence-corrected chi connectivity index (χ0v) is 83.9. The van der Waals surface area contributed by atoms with E-state index in [0.29, 0.717) is 52.4 Å². The molecule has 149 heavy (non-hydrogen) atoms. The monoisotopic (exact) mass is 1910 g/mol. The zero-order chi connectivity index (χ0) is 101. The van der Waals surface area contributed by atoms with Gasteiger partial charge in [-0.3, -0.25) is 0 Å². The van der Waals surface area contributed by atoms with Gasteiger partial charge < -0.3 is 0 Å². The molecule has 0 radical (unpaired) electrons. The number of hydrogen-bond donors (Lipinski definition) is 0. The Labute approximate surface area is 871 Å². The minimum Gasteiger partial charge on any atom is -0.208 e. The summed E-state index contributed by atoms with van der Waals surface area (Å²) in [6.45, 7) is 13.8. The Kier molecular flexibility index (Phi) is 24.8. The van der Waals surface area contributed by atoms with Crippen molar-refractivity contribution in [2.24, 2.45) is 0 Å². The molecule has 710 valence electrons. The van der Waals surface area contributed by atoms with Crippen LogP contribution in [0.2, 0.25) is 0 Å². The Morgan fingerprint density at radius 1 is 0.134 bits per heavy atom. The van der Waals surface area contributed by atoms with E-state index < -0.39 is 0 Å². The highest BCUT2D eigenvalue weighted by atomic mass is 15.1. The molecule has 0 N–H and O–H groups in total. The summed E-state index contributed by atoms with van der Waals surface area (Å²) in [7, 11) is 0. The molecule has 0 aliphatic heterocycles. The van der Waals surface area contributed by atoms with Gasteiger partial charge in [-0.05, 0) is 217 Å². The molecular weight excluding hydrogens is 1810 g/mol. The van der Waals surface area contributed by atoms with Crippen LogP contribution in [0.15, 0.2) is 504 Å². The molecular formula is C140H105N9. The Morgan fingerprint density at radius 3 is 0.644 bits per heavy atom. The van der Waals surface area contributed by atoms with Crippen molar-refractivity contribution in [3.63, 3.8) is 0 Å². The lowest BCUT2D eigenvalue weighted by Crippen LogP contribution is -2.22. The van der Waals surface area contributed by atoms with Crippen LogP contribution >= 0.6 is 0 Å². The Balaban J connectivity index is 0.000000120. The minimum atomic E-state index is -0.163. The summed E-state index contributed by atoms with van der Waals surface area (Å²) in [5.74, 6) is 5.89. The molecule has 3 aromatic heterocycles. The van der Waals surface area contributed by atoms with Crippen LogP contribution in [0.3, 0.4) is 0 Å². The van der Waals surface area contributed by atoms with E-state index in [-0.39, 0.29) is 16.2 Å². The van der Waals surface area contributed by atoms with Gasteiger partial charge in [0.25, 0.3) is 0 Å². The number of benzene rings is 20. The van der Waals surface area contributed by atoms with E-state index in [1.54, 1.807) is 0 Å². The van der Waals surface area contributed by atoms with Crippen LogP contribution < -0.4 is 0 Å². The molecule has 3 heterocycles. The molecule has 0 bridgehead atoms. The quantitative estimate of drug-likeness (QED) is 0.0780. The van der Waals surface area contributed by atoms with Crippen LogP contribution in [-0.4, -0.2) is 44.9 Å². The second-order valence-corrected chi connectivity index (χ2v) is 39.6. The normalized spacial score (nSPS) is 12.7. The smallest absolute Gasteiger partial charge is 0.164 e. The van der Waals surface area contributed by atoms with Crippen molar-refractivity contribution in [1.29, 1.82) is 0 Å². The summed E-state index contributed by atoms with van der Waals surface area (Å²) in [6, 6.07) is 177. The number of nitrogens with zero attached hydrogens (tertiary/aromatic N) is 9. The number of rotatable bonds is 19. The molecule has 9 heteroatoms. The molecule has 9 nitrogen and oxygen atoms in total. The van der Waals surface area contributed by atoms with Crippen molar-refractivity contribution >= 4 is 0 Å². The first-order valence-corrected chi connectivity index (χ1v) is 51.4. The summed E-state index contributed by atoms with van der Waals surface area (Å²) in [5.41, 5.74) is 41.7. The van der Waals surface area contributed by atoms with E-state index in [0.717, 1.165) is 152 Å². The lowest BCUT2D eigenvalue weighted by molar-refractivity contribution is 0.490. The van der Waals surface area contributed by atoms with Crippen LogP contribution in [0.25, 0.3) is 225 Å². The third kappa shape index (κ3) is 17.7. The maximum atomic E-state index is 5.41. The molecule has 0 atom stereocenters. The van der Waals surface area contributed by atoms with Gasteiger partial charge in [0.05, 0.1) is 0 Å². The molecule has 0 fully saturated rings. The highest BCUT2D eigenvalue weighted by molar-refractivity contribution is 5.97. The second-order valence-electron chi connectivity index (χ2n) is 39.6. The van der Waals surface area contributed by atoms with E-state index in [1.165, 1.54) is 66.8 Å². The van der Waals surface area contributed by atoms with Crippen molar-refractivity contribution in [1.82, 2.24) is 44.9 Å². The zero-order valence-electron chi connectivity index (χ0n) is 83.9. The molecule has 3 aliphatic rings. The van der Waals surface area contributed by atoms with Crippen LogP contribution in [0.5, 0.6) is 0 Å². The Bertz CT molecular complexity index is 8480. The van der Waals surface area contributed by atoms with Gasteiger partial charge in [-0.25, -0.2) is 44.9 Å². The lowest BCUT2D eigenvalue weighted by Gasteiger charge is -2.29. The highest BCUT2D eigenvalue weighted by Gasteiger charge is 2.43. The Morgan fingerprint density at radius 2 is 0.322 bits per heavy atom. The maximum Gasteiger partial charge on any atom is 0.164 e. The first-order valence-electron chi connectivity index (χ1n) is 51.4. The molecule has 0 unspecified atom stereocenters. The molecule has 3 aliphatic carbocycles. The molecule has 20 aromatic carbocycles. The van der Waals surface area contributed by atoms with Crippen LogP contribution in [0.1, 0.15) is 87.8 Å². The summed E-state index contributed by atoms with van der Waals surface area (Å²) >= 11 is 0. The first kappa shape index (κ1) is 92.8. The average Bonchev–Trinajstić information content (AvgIpc) is 1.57. The van der Waals surface area contributed by atoms with Crippen LogP contribution in [-0.2, 0) is 16.2 Å². The third-order valence-corrected chi connectivity index (χ3v) is 30.1. The largest absolute Gasteiger partial charge is 0.208 e. The predicted molar refractivity (Wildman–Crippen MR) is 614 cm³/mol. The molecule has 0 saturated carbocycles. The summed E-state index contributed by atoms with van der Waals surface area (Å²) in [4.78, 5) is 47.6. The van der Waals surface area contributed by atoms with Crippen LogP contribution in [0, 0.1) is 0 Å². The highest BCUT2D eigenvalue weighted by Crippen LogP contribution is 2.58. The van der Waals surface area contributed by atoms with E-state index in [9.17, 15) is 0 Å². The van der Waals surface area contributed by atoms with Gasteiger partial charge in [0.1, 0.15) is 0 Å². The molecule has 26 rings (SSSR count). The second kappa shape index (κ2) is 39.9. The van der Waals surface area contributed by atoms with Gasteiger partial charge >= 0.3 is 0 Å². The Hall–Kier alpha value is -18.6. The fourth-order valence-electron chi connectivity index (χ4n) is 22.6. The lowest BCUT2D eigenvalue weighted by atomic mass is 9.74. The van der Waals surface area contributed by atoms with Gasteiger partial charge in [-0.1, -0.05) is 497 Å². The molecule has 23 aromatic rings. The van der Waals surface area contributed by atoms with E-state index in [1.807, 2.05) is 24.3 Å². The fraction of sp³-hybridized carbons (Fsp3) is 0.0786. The number of hydrogen-bond acceptors (Lipinski definition) is 9. The average molecular weight is 1910 g/mol. The third-order valence-electron chi connectivity index (χ3n) is 30.1. The number of aromatic nitrogens is 9. The maximum absolute atomic E-state index is 5.41. The fourth-order valence-corrected chi connectivity index (χ4v) is 22.6. The number of fused-ring (bicyclic) bond motifs is 9. The van der Waals surface area contributed by atoms with Gasteiger partial charge in [-0.15, -0.1) is 0 Å². The van der Waals surface area contributed by atoms with Crippen molar-refractivity contribution in [3.8, 4) is 225 Å². The van der Waals surface area contributed by atoms with Crippen molar-refractivity contribution < 1.29 is 0 Å². The first-order chi connectivity index (χ1) is 73.3. The minimum absolute atomic E-state index is 0.0412. The molecule has 0 spiro atoms. The standard InChI is InChI=1S/C54H39N3.C44H35N3.C42H31N3/c1-54(2)48-28-16-15-26-46(48)50-47(27-17-29-49(50)54)53-56-51(44-32-40(36-18-7-3-8-19-36)30-41(33-44)37-20-9-4-10-21-37)55-52(57-53)45-34-42(38-22-11-5-12-23-38)31-43(35-45)39-24-13-6-14-25-39;1-3-44(4-2)38-28-16-15-26-36(38)40-37(27-17-29-39(40)44)43-46-41(34-24-13-11-22-32(34)30-18-7-5-8-19-30)45-42(47-43)35-25-14-12-23-33(35)31-20-9-6-10-21-31;1-42(2)36-24-10-9-22-34(36)38-35(23-13-25-37(38)42)41-44-39(32-20-11-18-30(26-32)28-14-5-3-6-15-28)43-40(45-41)33-21-12-19-31(27-33)29-16-7-4-8-17-29/h3-35H,1-2H3;5-29H,3-4H2,1-2H3;3-27H,1-2H3. The van der Waals surface area contributed by atoms with E-state index in [2.05, 4.69) is 521 Å². The topological polar surface area (TPSA) is 116 Å². The van der Waals surface area contributed by atoms with Crippen molar-refractivity contribution in [3.05, 3.63) is 537 Å². The summed E-state index contributed by atoms with van der Waals surface area (Å²) in [6.07, 6.45) is 2.05. The van der Waals surface area contributed by atoms with Gasteiger partial charge in [0.15, 0.2) is 52.4 Å². The van der Waals surface area contributed by atoms with Crippen LogP contribution in [0.4, 0.5) is 0 Å². The summed E-state index contributed by atoms with van der Waals surface area (Å²) < 4.78 is 0. The predicted octanol–water partition coefficient (Wildman–Crippen LogP) is 35.7.